The zero-order valence-electron chi connectivity index (χ0n) is 16.0. The topological polar surface area (TPSA) is 39.7 Å². The summed E-state index contributed by atoms with van der Waals surface area (Å²) in [6, 6.07) is 11.0. The number of hydrogen-bond acceptors (Lipinski definition) is 4. The van der Waals surface area contributed by atoms with Crippen LogP contribution >= 0.6 is 0 Å². The summed E-state index contributed by atoms with van der Waals surface area (Å²) in [5, 5.41) is 3.68. The van der Waals surface area contributed by atoms with Crippen molar-refractivity contribution in [1.82, 2.24) is 5.32 Å². The molecule has 1 N–H and O–H groups in total. The van der Waals surface area contributed by atoms with Crippen molar-refractivity contribution in [3.8, 4) is 17.2 Å². The SMILES string of the molecule is COc1ccc(C2NCCc3cc4c(cc32)OCCO4)cc1C(C)(C)C. The minimum absolute atomic E-state index is 0.0195. The minimum Gasteiger partial charge on any atom is -0.496 e. The second kappa shape index (κ2) is 6.51. The third kappa shape index (κ3) is 3.03. The molecule has 2 aromatic carbocycles. The Labute approximate surface area is 155 Å². The minimum atomic E-state index is 0.0195. The Morgan fingerprint density at radius 1 is 1.04 bits per heavy atom. The van der Waals surface area contributed by atoms with E-state index in [4.69, 9.17) is 14.2 Å². The van der Waals surface area contributed by atoms with Crippen LogP contribution < -0.4 is 19.5 Å². The Kier molecular flexibility index (Phi) is 4.31. The van der Waals surface area contributed by atoms with Gasteiger partial charge in [0, 0.05) is 6.54 Å². The van der Waals surface area contributed by atoms with E-state index < -0.39 is 0 Å². The highest BCUT2D eigenvalue weighted by molar-refractivity contribution is 5.53. The van der Waals surface area contributed by atoms with Gasteiger partial charge in [-0.15, -0.1) is 0 Å². The number of benzene rings is 2. The van der Waals surface area contributed by atoms with Crippen molar-refractivity contribution in [3.63, 3.8) is 0 Å². The van der Waals surface area contributed by atoms with Gasteiger partial charge in [0.25, 0.3) is 0 Å². The molecule has 0 fully saturated rings. The molecule has 0 aromatic heterocycles. The number of hydrogen-bond donors (Lipinski definition) is 1. The Balaban J connectivity index is 1.79. The zero-order valence-corrected chi connectivity index (χ0v) is 16.0. The largest absolute Gasteiger partial charge is 0.496 e. The molecule has 2 aliphatic heterocycles. The Morgan fingerprint density at radius 3 is 2.46 bits per heavy atom. The third-order valence-corrected chi connectivity index (χ3v) is 5.22. The van der Waals surface area contributed by atoms with Crippen LogP contribution in [-0.4, -0.2) is 26.9 Å². The Morgan fingerprint density at radius 2 is 1.77 bits per heavy atom. The molecule has 0 amide bonds. The first-order chi connectivity index (χ1) is 12.5. The van der Waals surface area contributed by atoms with E-state index in [-0.39, 0.29) is 11.5 Å². The van der Waals surface area contributed by atoms with Crippen LogP contribution in [0.4, 0.5) is 0 Å². The van der Waals surface area contributed by atoms with E-state index >= 15 is 0 Å². The molecular formula is C22H27NO3. The molecular weight excluding hydrogens is 326 g/mol. The lowest BCUT2D eigenvalue weighted by atomic mass is 9.82. The molecule has 0 saturated carbocycles. The number of fused-ring (bicyclic) bond motifs is 2. The summed E-state index contributed by atoms with van der Waals surface area (Å²) in [6.07, 6.45) is 1.00. The van der Waals surface area contributed by atoms with Crippen LogP contribution in [0.25, 0.3) is 0 Å². The van der Waals surface area contributed by atoms with Crippen LogP contribution in [0.1, 0.15) is 49.1 Å². The van der Waals surface area contributed by atoms with Crippen molar-refractivity contribution in [2.24, 2.45) is 0 Å². The monoisotopic (exact) mass is 353 g/mol. The molecule has 26 heavy (non-hydrogen) atoms. The average Bonchev–Trinajstić information content (AvgIpc) is 2.64. The van der Waals surface area contributed by atoms with Gasteiger partial charge in [0.05, 0.1) is 13.2 Å². The van der Waals surface area contributed by atoms with Crippen molar-refractivity contribution >= 4 is 0 Å². The maximum atomic E-state index is 5.82. The smallest absolute Gasteiger partial charge is 0.161 e. The molecule has 2 aromatic rings. The maximum Gasteiger partial charge on any atom is 0.161 e. The summed E-state index contributed by atoms with van der Waals surface area (Å²) in [5.41, 5.74) is 5.13. The molecule has 0 bridgehead atoms. The second-order valence-electron chi connectivity index (χ2n) is 8.04. The molecule has 0 radical (unpaired) electrons. The van der Waals surface area contributed by atoms with Crippen LogP contribution in [0.3, 0.4) is 0 Å². The van der Waals surface area contributed by atoms with Crippen LogP contribution in [0, 0.1) is 0 Å². The molecule has 4 heteroatoms. The van der Waals surface area contributed by atoms with Crippen molar-refractivity contribution in [3.05, 3.63) is 52.6 Å². The normalized spacial score (nSPS) is 19.0. The molecule has 1 atom stereocenters. The van der Waals surface area contributed by atoms with Gasteiger partial charge in [0.1, 0.15) is 19.0 Å². The lowest BCUT2D eigenvalue weighted by Gasteiger charge is -2.31. The highest BCUT2D eigenvalue weighted by Crippen LogP contribution is 2.40. The zero-order chi connectivity index (χ0) is 18.3. The molecule has 1 unspecified atom stereocenters. The predicted octanol–water partition coefficient (Wildman–Crippen LogP) is 4.00. The highest BCUT2D eigenvalue weighted by atomic mass is 16.6. The summed E-state index contributed by atoms with van der Waals surface area (Å²) >= 11 is 0. The fourth-order valence-electron chi connectivity index (χ4n) is 3.88. The number of ether oxygens (including phenoxy) is 3. The van der Waals surface area contributed by atoms with Gasteiger partial charge in [-0.05, 0) is 58.4 Å². The summed E-state index contributed by atoms with van der Waals surface area (Å²) in [4.78, 5) is 0. The van der Waals surface area contributed by atoms with Gasteiger partial charge in [-0.1, -0.05) is 26.8 Å². The van der Waals surface area contributed by atoms with Gasteiger partial charge in [-0.25, -0.2) is 0 Å². The van der Waals surface area contributed by atoms with Gasteiger partial charge in [-0.2, -0.15) is 0 Å². The Hall–Kier alpha value is -2.20. The molecule has 138 valence electrons. The van der Waals surface area contributed by atoms with Gasteiger partial charge in [0.2, 0.25) is 0 Å². The van der Waals surface area contributed by atoms with E-state index in [9.17, 15) is 0 Å². The van der Waals surface area contributed by atoms with Crippen molar-refractivity contribution in [2.45, 2.75) is 38.6 Å². The van der Waals surface area contributed by atoms with E-state index in [1.165, 1.54) is 22.3 Å². The summed E-state index contributed by atoms with van der Waals surface area (Å²) in [5.74, 6) is 2.67. The molecule has 4 rings (SSSR count). The first-order valence-electron chi connectivity index (χ1n) is 9.31. The lowest BCUT2D eigenvalue weighted by Crippen LogP contribution is -2.31. The number of methoxy groups -OCH3 is 1. The molecule has 0 saturated heterocycles. The molecule has 0 spiro atoms. The summed E-state index contributed by atoms with van der Waals surface area (Å²) < 4.78 is 17.2. The van der Waals surface area contributed by atoms with Crippen LogP contribution in [0.15, 0.2) is 30.3 Å². The fourth-order valence-corrected chi connectivity index (χ4v) is 3.88. The van der Waals surface area contributed by atoms with Gasteiger partial charge in [-0.3, -0.25) is 0 Å². The summed E-state index contributed by atoms with van der Waals surface area (Å²) in [6.45, 7) is 8.85. The predicted molar refractivity (Wildman–Crippen MR) is 103 cm³/mol. The average molecular weight is 353 g/mol. The van der Waals surface area contributed by atoms with Crippen molar-refractivity contribution < 1.29 is 14.2 Å². The third-order valence-electron chi connectivity index (χ3n) is 5.22. The Bertz CT molecular complexity index is 823. The van der Waals surface area contributed by atoms with Gasteiger partial charge < -0.3 is 19.5 Å². The van der Waals surface area contributed by atoms with Crippen LogP contribution in [0.5, 0.6) is 17.2 Å². The molecule has 0 aliphatic carbocycles. The van der Waals surface area contributed by atoms with E-state index in [1.807, 2.05) is 0 Å². The van der Waals surface area contributed by atoms with Crippen LogP contribution in [-0.2, 0) is 11.8 Å². The highest BCUT2D eigenvalue weighted by Gasteiger charge is 2.27. The fraction of sp³-hybridized carbons (Fsp3) is 0.455. The number of nitrogens with one attached hydrogen (secondary N) is 1. The van der Waals surface area contributed by atoms with Gasteiger partial charge >= 0.3 is 0 Å². The quantitative estimate of drug-likeness (QED) is 0.886. The molecule has 2 heterocycles. The number of rotatable bonds is 2. The van der Waals surface area contributed by atoms with Crippen LogP contribution in [0.2, 0.25) is 0 Å². The second-order valence-corrected chi connectivity index (χ2v) is 8.04. The maximum absolute atomic E-state index is 5.82. The van der Waals surface area contributed by atoms with E-state index in [0.29, 0.717) is 13.2 Å². The summed E-state index contributed by atoms with van der Waals surface area (Å²) in [7, 11) is 1.74. The van der Waals surface area contributed by atoms with Crippen molar-refractivity contribution in [1.29, 1.82) is 0 Å². The molecule has 2 aliphatic rings. The van der Waals surface area contributed by atoms with Crippen molar-refractivity contribution in [2.75, 3.05) is 26.9 Å². The standard InChI is InChI=1S/C22H27NO3/c1-22(2,3)17-11-15(5-6-18(17)24-4)21-16-13-20-19(25-9-10-26-20)12-14(16)7-8-23-21/h5-6,11-13,21,23H,7-10H2,1-4H3. The van der Waals surface area contributed by atoms with E-state index in [2.05, 4.69) is 56.4 Å². The van der Waals surface area contributed by atoms with Gasteiger partial charge in [0.15, 0.2) is 11.5 Å². The van der Waals surface area contributed by atoms with E-state index in [1.54, 1.807) is 7.11 Å². The van der Waals surface area contributed by atoms with E-state index in [0.717, 1.165) is 30.2 Å². The first-order valence-corrected chi connectivity index (χ1v) is 9.31. The molecule has 4 nitrogen and oxygen atoms in total. The lowest BCUT2D eigenvalue weighted by molar-refractivity contribution is 0.171. The first kappa shape index (κ1) is 17.2.